The molecule has 0 amide bonds. The summed E-state index contributed by atoms with van der Waals surface area (Å²) in [6.45, 7) is 1.06. The number of allylic oxidation sites excluding steroid dienone is 2. The summed E-state index contributed by atoms with van der Waals surface area (Å²) in [5, 5.41) is 0.597. The Balaban J connectivity index is 1.54. The highest BCUT2D eigenvalue weighted by Gasteiger charge is 2.11. The Bertz CT molecular complexity index is 1060. The average molecular weight is 430 g/mol. The lowest BCUT2D eigenvalue weighted by atomic mass is 10.4. The Labute approximate surface area is 166 Å². The fraction of sp³-hybridized carbons (Fsp3) is 0.143. The molecule has 0 atom stereocenters. The first-order valence-electron chi connectivity index (χ1n) is 7.25. The molecule has 26 heavy (non-hydrogen) atoms. The zero-order valence-corrected chi connectivity index (χ0v) is 15.8. The molecule has 0 spiro atoms. The highest BCUT2D eigenvalue weighted by Crippen LogP contribution is 2.21. The first-order chi connectivity index (χ1) is 12.5. The smallest absolute Gasteiger partial charge is 0.225 e. The van der Waals surface area contributed by atoms with Crippen molar-refractivity contribution >= 4 is 68.7 Å². The van der Waals surface area contributed by atoms with Gasteiger partial charge in [-0.25, -0.2) is 19.9 Å². The van der Waals surface area contributed by atoms with Crippen LogP contribution in [0.4, 0.5) is 0 Å². The second-order valence-electron chi connectivity index (χ2n) is 5.18. The van der Waals surface area contributed by atoms with Gasteiger partial charge in [-0.15, -0.1) is 0 Å². The van der Waals surface area contributed by atoms with Crippen molar-refractivity contribution in [2.45, 2.75) is 13.1 Å². The first-order valence-corrected chi connectivity index (χ1v) is 8.77. The lowest BCUT2D eigenvalue weighted by Gasteiger charge is -2.01. The molecule has 12 heteroatoms. The largest absolute Gasteiger partial charge is 0.311 e. The number of rotatable bonds is 4. The number of hydrogen-bond acceptors (Lipinski definition) is 6. The standard InChI is InChI=1S/C14H8Cl4N8/c15-9-7-11(23-13(17)21-9)25(5-19-7)3-1-2-4-26-6-20-8-10(16)22-14(18)24-12(8)26/h1-2,5-6H,3-4H2/b2-1+. The second-order valence-corrected chi connectivity index (χ2v) is 6.57. The van der Waals surface area contributed by atoms with Gasteiger partial charge in [0.2, 0.25) is 10.6 Å². The van der Waals surface area contributed by atoms with Crippen LogP contribution in [0.5, 0.6) is 0 Å². The number of aromatic nitrogens is 8. The van der Waals surface area contributed by atoms with Gasteiger partial charge in [0.1, 0.15) is 11.0 Å². The van der Waals surface area contributed by atoms with Crippen LogP contribution in [0, 0.1) is 0 Å². The summed E-state index contributed by atoms with van der Waals surface area (Å²) in [4.78, 5) is 24.5. The van der Waals surface area contributed by atoms with Crippen molar-refractivity contribution in [2.24, 2.45) is 0 Å². The van der Waals surface area contributed by atoms with Crippen LogP contribution in [0.2, 0.25) is 20.9 Å². The number of fused-ring (bicyclic) bond motifs is 2. The van der Waals surface area contributed by atoms with Gasteiger partial charge in [-0.2, -0.15) is 9.97 Å². The van der Waals surface area contributed by atoms with Crippen molar-refractivity contribution in [1.82, 2.24) is 39.0 Å². The van der Waals surface area contributed by atoms with Crippen molar-refractivity contribution in [2.75, 3.05) is 0 Å². The van der Waals surface area contributed by atoms with E-state index >= 15 is 0 Å². The lowest BCUT2D eigenvalue weighted by molar-refractivity contribution is 0.806. The van der Waals surface area contributed by atoms with Gasteiger partial charge in [0.25, 0.3) is 0 Å². The van der Waals surface area contributed by atoms with E-state index in [1.54, 1.807) is 12.7 Å². The maximum atomic E-state index is 6.01. The van der Waals surface area contributed by atoms with Crippen LogP contribution in [0.1, 0.15) is 0 Å². The third-order valence-corrected chi connectivity index (χ3v) is 4.42. The Morgan fingerprint density at radius 1 is 0.692 bits per heavy atom. The monoisotopic (exact) mass is 428 g/mol. The number of nitrogens with zero attached hydrogens (tertiary/aromatic N) is 8. The van der Waals surface area contributed by atoms with E-state index in [0.29, 0.717) is 35.4 Å². The number of hydrogen-bond donors (Lipinski definition) is 0. The molecule has 0 bridgehead atoms. The van der Waals surface area contributed by atoms with E-state index < -0.39 is 0 Å². The Morgan fingerprint density at radius 3 is 1.54 bits per heavy atom. The first kappa shape index (κ1) is 17.4. The molecule has 0 saturated heterocycles. The molecule has 0 unspecified atom stereocenters. The molecular formula is C14H8Cl4N8. The van der Waals surface area contributed by atoms with Gasteiger partial charge in [-0.05, 0) is 23.2 Å². The quantitative estimate of drug-likeness (QED) is 0.278. The van der Waals surface area contributed by atoms with Crippen molar-refractivity contribution < 1.29 is 0 Å². The van der Waals surface area contributed by atoms with E-state index in [0.717, 1.165) is 0 Å². The molecule has 0 aliphatic heterocycles. The van der Waals surface area contributed by atoms with Crippen molar-refractivity contribution in [3.8, 4) is 0 Å². The topological polar surface area (TPSA) is 87.2 Å². The Morgan fingerprint density at radius 2 is 1.12 bits per heavy atom. The molecule has 0 N–H and O–H groups in total. The molecule has 132 valence electrons. The molecule has 0 saturated carbocycles. The molecule has 4 rings (SSSR count). The third-order valence-electron chi connectivity index (χ3n) is 3.56. The summed E-state index contributed by atoms with van der Waals surface area (Å²) in [5.41, 5.74) is 2.15. The molecule has 4 aromatic heterocycles. The van der Waals surface area contributed by atoms with E-state index in [1.807, 2.05) is 21.3 Å². The SMILES string of the molecule is Clc1nc(Cl)c2ncn(C/C=C/Cn3cnc4c(Cl)nc(Cl)nc43)c2n1. The molecule has 0 aromatic carbocycles. The summed E-state index contributed by atoms with van der Waals surface area (Å²) in [6, 6.07) is 0. The second kappa shape index (κ2) is 6.96. The third kappa shape index (κ3) is 3.21. The average Bonchev–Trinajstić information content (AvgIpc) is 3.16. The van der Waals surface area contributed by atoms with Gasteiger partial charge < -0.3 is 9.13 Å². The highest BCUT2D eigenvalue weighted by atomic mass is 35.5. The van der Waals surface area contributed by atoms with Gasteiger partial charge >= 0.3 is 0 Å². The molecular weight excluding hydrogens is 422 g/mol. The van der Waals surface area contributed by atoms with Crippen molar-refractivity contribution in [1.29, 1.82) is 0 Å². The summed E-state index contributed by atoms with van der Waals surface area (Å²) in [6.07, 6.45) is 7.15. The van der Waals surface area contributed by atoms with E-state index in [4.69, 9.17) is 46.4 Å². The van der Waals surface area contributed by atoms with Gasteiger partial charge in [0, 0.05) is 13.1 Å². The predicted octanol–water partition coefficient (Wildman–Crippen LogP) is 3.84. The molecule has 0 aliphatic rings. The van der Waals surface area contributed by atoms with Crippen LogP contribution in [-0.2, 0) is 13.1 Å². The molecule has 4 heterocycles. The summed E-state index contributed by atoms with van der Waals surface area (Å²) >= 11 is 23.7. The molecule has 0 fully saturated rings. The summed E-state index contributed by atoms with van der Waals surface area (Å²) in [7, 11) is 0. The highest BCUT2D eigenvalue weighted by molar-refractivity contribution is 6.35. The minimum atomic E-state index is 0.0755. The van der Waals surface area contributed by atoms with E-state index in [2.05, 4.69) is 29.9 Å². The van der Waals surface area contributed by atoms with Crippen LogP contribution < -0.4 is 0 Å². The minimum absolute atomic E-state index is 0.0755. The van der Waals surface area contributed by atoms with Gasteiger partial charge in [0.15, 0.2) is 21.6 Å². The van der Waals surface area contributed by atoms with Crippen LogP contribution in [0.3, 0.4) is 0 Å². The lowest BCUT2D eigenvalue weighted by Crippen LogP contribution is -1.98. The molecule has 0 aliphatic carbocycles. The molecule has 8 nitrogen and oxygen atoms in total. The van der Waals surface area contributed by atoms with Crippen molar-refractivity contribution in [3.63, 3.8) is 0 Å². The Hall–Kier alpha value is -2.00. The number of imidazole rings is 2. The Kier molecular flexibility index (Phi) is 4.66. The fourth-order valence-electron chi connectivity index (χ4n) is 2.41. The summed E-state index contributed by atoms with van der Waals surface area (Å²) in [5.74, 6) is 0. The van der Waals surface area contributed by atoms with Crippen LogP contribution in [0.15, 0.2) is 24.8 Å². The van der Waals surface area contributed by atoms with E-state index in [9.17, 15) is 0 Å². The predicted molar refractivity (Wildman–Crippen MR) is 99.8 cm³/mol. The van der Waals surface area contributed by atoms with Crippen LogP contribution in [0.25, 0.3) is 22.3 Å². The molecule has 0 radical (unpaired) electrons. The maximum Gasteiger partial charge on any atom is 0.225 e. The maximum absolute atomic E-state index is 6.01. The van der Waals surface area contributed by atoms with Crippen LogP contribution in [-0.4, -0.2) is 39.0 Å². The zero-order valence-electron chi connectivity index (χ0n) is 12.8. The minimum Gasteiger partial charge on any atom is -0.311 e. The fourth-order valence-corrected chi connectivity index (χ4v) is 3.26. The molecule has 4 aromatic rings. The normalized spacial score (nSPS) is 12.0. The van der Waals surface area contributed by atoms with Gasteiger partial charge in [-0.1, -0.05) is 35.4 Å². The number of halogens is 4. The zero-order chi connectivity index (χ0) is 18.3. The van der Waals surface area contributed by atoms with Crippen LogP contribution >= 0.6 is 46.4 Å². The van der Waals surface area contributed by atoms with Gasteiger partial charge in [0.05, 0.1) is 12.7 Å². The summed E-state index contributed by atoms with van der Waals surface area (Å²) < 4.78 is 3.63. The van der Waals surface area contributed by atoms with Gasteiger partial charge in [-0.3, -0.25) is 0 Å². The van der Waals surface area contributed by atoms with Crippen molar-refractivity contribution in [3.05, 3.63) is 45.7 Å². The van der Waals surface area contributed by atoms with E-state index in [-0.39, 0.29) is 20.9 Å². The van der Waals surface area contributed by atoms with E-state index in [1.165, 1.54) is 0 Å².